The summed E-state index contributed by atoms with van der Waals surface area (Å²) in [6.07, 6.45) is 2.14. The second-order valence-electron chi connectivity index (χ2n) is 3.02. The highest BCUT2D eigenvalue weighted by molar-refractivity contribution is 6.66. The lowest BCUT2D eigenvalue weighted by Crippen LogP contribution is -2.26. The van der Waals surface area contributed by atoms with Crippen LogP contribution in [0.15, 0.2) is 12.7 Å². The SMILES string of the molecule is O=C(n1cncn1)n1nc([N+](=O)[O-])nc1C(Cl)(Cl)Cl. The van der Waals surface area contributed by atoms with E-state index in [1.165, 1.54) is 0 Å². The Hall–Kier alpha value is -1.78. The molecule has 0 saturated heterocycles. The molecule has 0 aliphatic rings. The third-order valence-corrected chi connectivity index (χ3v) is 2.32. The number of hydrogen-bond acceptors (Lipinski definition) is 7. The molecule has 13 heteroatoms. The minimum Gasteiger partial charge on any atom is -0.390 e. The van der Waals surface area contributed by atoms with E-state index in [0.29, 0.717) is 4.68 Å². The monoisotopic (exact) mass is 325 g/mol. The first-order chi connectivity index (χ1) is 8.80. The average Bonchev–Trinajstić information content (AvgIpc) is 2.96. The maximum atomic E-state index is 11.9. The molecule has 2 rings (SSSR count). The molecule has 0 amide bonds. The van der Waals surface area contributed by atoms with Gasteiger partial charge in [-0.15, -0.1) is 0 Å². The zero-order chi connectivity index (χ0) is 14.2. The molecule has 2 aromatic rings. The van der Waals surface area contributed by atoms with Crippen molar-refractivity contribution in [1.82, 2.24) is 29.5 Å². The molecule has 0 radical (unpaired) electrons. The molecular formula is C6H2Cl3N7O3. The molecular weight excluding hydrogens is 324 g/mol. The molecule has 0 unspecified atom stereocenters. The van der Waals surface area contributed by atoms with Crippen LogP contribution in [0, 0.1) is 10.1 Å². The summed E-state index contributed by atoms with van der Waals surface area (Å²) in [4.78, 5) is 28.5. The van der Waals surface area contributed by atoms with Crippen LogP contribution in [0.4, 0.5) is 10.7 Å². The van der Waals surface area contributed by atoms with Gasteiger partial charge in [-0.1, -0.05) is 39.5 Å². The quantitative estimate of drug-likeness (QED) is 0.437. The van der Waals surface area contributed by atoms with Crippen LogP contribution >= 0.6 is 34.8 Å². The van der Waals surface area contributed by atoms with Crippen molar-refractivity contribution in [2.24, 2.45) is 0 Å². The first-order valence-electron chi connectivity index (χ1n) is 4.38. The highest BCUT2D eigenvalue weighted by atomic mass is 35.6. The van der Waals surface area contributed by atoms with Crippen LogP contribution in [0.1, 0.15) is 5.82 Å². The summed E-state index contributed by atoms with van der Waals surface area (Å²) in [6.45, 7) is 0. The Balaban J connectivity index is 2.55. The molecule has 100 valence electrons. The predicted molar refractivity (Wildman–Crippen MR) is 62.1 cm³/mol. The van der Waals surface area contributed by atoms with Gasteiger partial charge in [0.2, 0.25) is 0 Å². The number of carbonyl (C=O) groups is 1. The van der Waals surface area contributed by atoms with E-state index >= 15 is 0 Å². The van der Waals surface area contributed by atoms with Gasteiger partial charge in [0.1, 0.15) is 12.7 Å². The minimum absolute atomic E-state index is 0.472. The van der Waals surface area contributed by atoms with E-state index in [-0.39, 0.29) is 0 Å². The second kappa shape index (κ2) is 4.72. The van der Waals surface area contributed by atoms with E-state index in [1.807, 2.05) is 0 Å². The highest BCUT2D eigenvalue weighted by Crippen LogP contribution is 2.37. The van der Waals surface area contributed by atoms with E-state index in [9.17, 15) is 14.9 Å². The summed E-state index contributed by atoms with van der Waals surface area (Å²) in [5.74, 6) is -1.40. The molecule has 0 aromatic carbocycles. The van der Waals surface area contributed by atoms with Gasteiger partial charge in [-0.3, -0.25) is 0 Å². The Kier molecular flexibility index (Phi) is 3.39. The van der Waals surface area contributed by atoms with Gasteiger partial charge >= 0.3 is 12.0 Å². The smallest absolute Gasteiger partial charge is 0.390 e. The average molecular weight is 326 g/mol. The molecule has 0 bridgehead atoms. The lowest BCUT2D eigenvalue weighted by Gasteiger charge is -2.05. The molecule has 2 heterocycles. The van der Waals surface area contributed by atoms with Gasteiger partial charge < -0.3 is 10.1 Å². The number of carbonyl (C=O) groups excluding carboxylic acids is 1. The Labute approximate surface area is 119 Å². The van der Waals surface area contributed by atoms with Gasteiger partial charge in [0.25, 0.3) is 9.62 Å². The van der Waals surface area contributed by atoms with Gasteiger partial charge in [0.05, 0.1) is 0 Å². The summed E-state index contributed by atoms with van der Waals surface area (Å²) in [5.41, 5.74) is 0. The van der Waals surface area contributed by atoms with E-state index < -0.39 is 26.5 Å². The van der Waals surface area contributed by atoms with Gasteiger partial charge in [0.15, 0.2) is 0 Å². The van der Waals surface area contributed by atoms with Crippen LogP contribution in [0.25, 0.3) is 0 Å². The largest absolute Gasteiger partial charge is 0.491 e. The number of halogens is 3. The molecule has 19 heavy (non-hydrogen) atoms. The van der Waals surface area contributed by atoms with Crippen LogP contribution in [-0.4, -0.2) is 40.5 Å². The third kappa shape index (κ3) is 2.64. The minimum atomic E-state index is -2.17. The van der Waals surface area contributed by atoms with Crippen molar-refractivity contribution in [1.29, 1.82) is 0 Å². The Morgan fingerprint density at radius 3 is 2.58 bits per heavy atom. The zero-order valence-corrected chi connectivity index (χ0v) is 10.9. The number of nitrogens with zero attached hydrogens (tertiary/aromatic N) is 7. The second-order valence-corrected chi connectivity index (χ2v) is 5.31. The van der Waals surface area contributed by atoms with Gasteiger partial charge in [-0.25, -0.2) is 9.78 Å². The molecule has 0 fully saturated rings. The van der Waals surface area contributed by atoms with Crippen LogP contribution in [0.3, 0.4) is 0 Å². The fourth-order valence-electron chi connectivity index (χ4n) is 1.10. The highest BCUT2D eigenvalue weighted by Gasteiger charge is 2.40. The van der Waals surface area contributed by atoms with Crippen molar-refractivity contribution >= 4 is 46.8 Å². The molecule has 2 aromatic heterocycles. The normalized spacial score (nSPS) is 11.5. The molecule has 10 nitrogen and oxygen atoms in total. The van der Waals surface area contributed by atoms with Gasteiger partial charge in [0, 0.05) is 5.10 Å². The van der Waals surface area contributed by atoms with Crippen LogP contribution in [0.2, 0.25) is 0 Å². The van der Waals surface area contributed by atoms with E-state index in [2.05, 4.69) is 20.2 Å². The first kappa shape index (κ1) is 13.6. The van der Waals surface area contributed by atoms with Crippen molar-refractivity contribution in [3.8, 4) is 0 Å². The number of nitro groups is 1. The third-order valence-electron chi connectivity index (χ3n) is 1.81. The molecule has 0 spiro atoms. The van der Waals surface area contributed by atoms with Crippen LogP contribution in [0.5, 0.6) is 0 Å². The van der Waals surface area contributed by atoms with Gasteiger partial charge in [-0.2, -0.15) is 9.78 Å². The lowest BCUT2D eigenvalue weighted by molar-refractivity contribution is -0.394. The summed E-state index contributed by atoms with van der Waals surface area (Å²) >= 11 is 16.7. The standard InChI is InChI=1S/C6H2Cl3N7O3/c7-6(8,9)3-12-4(16(18)19)13-15(3)5(17)14-2-10-1-11-14/h1-2H. The summed E-state index contributed by atoms with van der Waals surface area (Å²) in [5, 5.41) is 17.5. The Bertz CT molecular complexity index is 631. The first-order valence-corrected chi connectivity index (χ1v) is 5.52. The number of alkyl halides is 3. The summed E-state index contributed by atoms with van der Waals surface area (Å²) < 4.78 is -0.949. The van der Waals surface area contributed by atoms with Crippen LogP contribution < -0.4 is 0 Å². The fourth-order valence-corrected chi connectivity index (χ4v) is 1.47. The van der Waals surface area contributed by atoms with Gasteiger partial charge in [-0.05, 0) is 9.91 Å². The number of aromatic nitrogens is 6. The Morgan fingerprint density at radius 1 is 1.42 bits per heavy atom. The van der Waals surface area contributed by atoms with E-state index in [1.54, 1.807) is 0 Å². The molecule has 0 saturated carbocycles. The Morgan fingerprint density at radius 2 is 2.11 bits per heavy atom. The molecule has 0 aliphatic heterocycles. The van der Waals surface area contributed by atoms with Crippen molar-refractivity contribution in [2.45, 2.75) is 3.79 Å². The zero-order valence-electron chi connectivity index (χ0n) is 8.64. The van der Waals surface area contributed by atoms with Crippen LogP contribution in [-0.2, 0) is 3.79 Å². The van der Waals surface area contributed by atoms with E-state index in [4.69, 9.17) is 34.8 Å². The number of rotatable bonds is 1. The van der Waals surface area contributed by atoms with Crippen molar-refractivity contribution in [2.75, 3.05) is 0 Å². The topological polar surface area (TPSA) is 122 Å². The summed E-state index contributed by atoms with van der Waals surface area (Å²) in [7, 11) is 0. The molecule has 0 atom stereocenters. The fraction of sp³-hybridized carbons (Fsp3) is 0.167. The maximum Gasteiger partial charge on any atom is 0.491 e. The predicted octanol–water partition coefficient (Wildman–Crippen LogP) is 1.12. The maximum absolute atomic E-state index is 11.9. The van der Waals surface area contributed by atoms with E-state index in [0.717, 1.165) is 17.3 Å². The summed E-state index contributed by atoms with van der Waals surface area (Å²) in [6, 6.07) is -0.931. The lowest BCUT2D eigenvalue weighted by atomic mass is 10.7. The number of hydrogen-bond donors (Lipinski definition) is 0. The van der Waals surface area contributed by atoms with Crippen molar-refractivity contribution in [3.05, 3.63) is 28.6 Å². The molecule has 0 N–H and O–H groups in total. The van der Waals surface area contributed by atoms with Crippen molar-refractivity contribution in [3.63, 3.8) is 0 Å². The molecule has 0 aliphatic carbocycles. The van der Waals surface area contributed by atoms with Crippen molar-refractivity contribution < 1.29 is 9.72 Å².